The van der Waals surface area contributed by atoms with E-state index in [1.54, 1.807) is 7.11 Å². The van der Waals surface area contributed by atoms with Crippen molar-refractivity contribution >= 4 is 11.6 Å². The Morgan fingerprint density at radius 3 is 2.52 bits per heavy atom. The molecule has 2 heterocycles. The number of hydrogen-bond acceptors (Lipinski definition) is 5. The fourth-order valence-corrected chi connectivity index (χ4v) is 4.04. The third-order valence-corrected chi connectivity index (χ3v) is 5.71. The fourth-order valence-electron chi connectivity index (χ4n) is 4.04. The third kappa shape index (κ3) is 4.13. The van der Waals surface area contributed by atoms with E-state index in [9.17, 15) is 4.79 Å². The molecule has 4 aromatic rings. The summed E-state index contributed by atoms with van der Waals surface area (Å²) in [4.78, 5) is 14.1. The molecule has 0 spiro atoms. The van der Waals surface area contributed by atoms with Crippen LogP contribution in [-0.4, -0.2) is 35.4 Å². The van der Waals surface area contributed by atoms with Crippen LogP contribution < -0.4 is 20.1 Å². The van der Waals surface area contributed by atoms with Crippen LogP contribution in [0.4, 0.5) is 5.69 Å². The van der Waals surface area contributed by atoms with E-state index in [0.717, 1.165) is 33.9 Å². The summed E-state index contributed by atoms with van der Waals surface area (Å²) in [6, 6.07) is 25.5. The summed E-state index contributed by atoms with van der Waals surface area (Å²) in [5, 5.41) is 4.91. The van der Waals surface area contributed by atoms with Crippen molar-refractivity contribution < 1.29 is 14.3 Å². The maximum Gasteiger partial charge on any atom is 0.260 e. The Morgan fingerprint density at radius 2 is 1.79 bits per heavy atom. The molecule has 1 amide bonds. The first-order chi connectivity index (χ1) is 16.1. The van der Waals surface area contributed by atoms with E-state index in [0.29, 0.717) is 18.8 Å². The van der Waals surface area contributed by atoms with Crippen LogP contribution in [0.2, 0.25) is 0 Å². The zero-order chi connectivity index (χ0) is 22.8. The van der Waals surface area contributed by atoms with Crippen LogP contribution in [0.25, 0.3) is 16.9 Å². The summed E-state index contributed by atoms with van der Waals surface area (Å²) in [7, 11) is 1.65. The highest BCUT2D eigenvalue weighted by atomic mass is 16.5. The molecule has 0 saturated carbocycles. The van der Waals surface area contributed by atoms with Crippen LogP contribution in [0.15, 0.2) is 85.1 Å². The lowest BCUT2D eigenvalue weighted by Crippen LogP contribution is -2.47. The van der Waals surface area contributed by atoms with Gasteiger partial charge in [-0.15, -0.1) is 0 Å². The van der Waals surface area contributed by atoms with Gasteiger partial charge >= 0.3 is 0 Å². The van der Waals surface area contributed by atoms with Gasteiger partial charge in [0.2, 0.25) is 0 Å². The number of benzene rings is 3. The largest absolute Gasteiger partial charge is 0.497 e. The van der Waals surface area contributed by atoms with Crippen molar-refractivity contribution in [1.82, 2.24) is 9.78 Å². The molecule has 0 radical (unpaired) electrons. The van der Waals surface area contributed by atoms with Crippen molar-refractivity contribution in [3.63, 3.8) is 0 Å². The number of amides is 1. The topological polar surface area (TPSA) is 82.6 Å². The Labute approximate surface area is 192 Å². The van der Waals surface area contributed by atoms with Gasteiger partial charge in [0.05, 0.1) is 30.7 Å². The van der Waals surface area contributed by atoms with E-state index in [2.05, 4.69) is 4.90 Å². The predicted octanol–water partition coefficient (Wildman–Crippen LogP) is 3.80. The number of nitrogens with two attached hydrogens (primary N) is 1. The lowest BCUT2D eigenvalue weighted by Gasteiger charge is -2.35. The highest BCUT2D eigenvalue weighted by Gasteiger charge is 2.30. The maximum absolute atomic E-state index is 11.9. The van der Waals surface area contributed by atoms with E-state index in [-0.39, 0.29) is 0 Å². The first-order valence-corrected chi connectivity index (χ1v) is 10.7. The second kappa shape index (κ2) is 8.70. The molecule has 166 valence electrons. The summed E-state index contributed by atoms with van der Waals surface area (Å²) in [6.07, 6.45) is 1.32. The third-order valence-electron chi connectivity index (χ3n) is 5.71. The Kier molecular flexibility index (Phi) is 5.44. The molecule has 3 aromatic carbocycles. The van der Waals surface area contributed by atoms with Crippen molar-refractivity contribution in [2.45, 2.75) is 12.6 Å². The average molecular weight is 441 g/mol. The fraction of sp³-hybridized carbons (Fsp3) is 0.154. The van der Waals surface area contributed by atoms with Gasteiger partial charge in [0.15, 0.2) is 6.10 Å². The summed E-state index contributed by atoms with van der Waals surface area (Å²) in [5.74, 6) is 0.952. The highest BCUT2D eigenvalue weighted by Crippen LogP contribution is 2.35. The number of methoxy groups -OCH3 is 1. The molecular weight excluding hydrogens is 416 g/mol. The van der Waals surface area contributed by atoms with Gasteiger partial charge in [0.25, 0.3) is 5.91 Å². The first kappa shape index (κ1) is 20.6. The number of aromatic nitrogens is 2. The Bertz CT molecular complexity index is 1270. The van der Waals surface area contributed by atoms with Crippen molar-refractivity contribution in [3.05, 3.63) is 90.6 Å². The molecule has 1 atom stereocenters. The van der Waals surface area contributed by atoms with Gasteiger partial charge in [-0.1, -0.05) is 30.3 Å². The first-order valence-electron chi connectivity index (χ1n) is 10.7. The molecule has 0 fully saturated rings. The number of para-hydroxylation sites is 3. The molecule has 1 aliphatic heterocycles. The number of nitrogens with zero attached hydrogens (tertiary/aromatic N) is 3. The van der Waals surface area contributed by atoms with E-state index >= 15 is 0 Å². The van der Waals surface area contributed by atoms with Crippen molar-refractivity contribution in [2.75, 3.05) is 18.6 Å². The van der Waals surface area contributed by atoms with Gasteiger partial charge in [0.1, 0.15) is 11.5 Å². The minimum atomic E-state index is -0.714. The standard InChI is InChI=1S/C26H24N4O3/c1-32-21-13-11-18(12-14-21)25-19(16-30(28-25)20-7-3-2-4-8-20)15-29-17-24(26(27)31)33-23-10-6-5-9-22(23)29/h2-14,16,24H,15,17H2,1H3,(H2,27,31). The number of rotatable bonds is 6. The molecule has 0 aliphatic carbocycles. The molecule has 0 saturated heterocycles. The number of primary amides is 1. The average Bonchev–Trinajstić information content (AvgIpc) is 3.28. The Hall–Kier alpha value is -4.26. The van der Waals surface area contributed by atoms with E-state index in [1.165, 1.54) is 0 Å². The van der Waals surface area contributed by atoms with Crippen molar-refractivity contribution in [1.29, 1.82) is 0 Å². The predicted molar refractivity (Wildman–Crippen MR) is 127 cm³/mol. The zero-order valence-corrected chi connectivity index (χ0v) is 18.2. The molecule has 7 nitrogen and oxygen atoms in total. The van der Waals surface area contributed by atoms with E-state index < -0.39 is 12.0 Å². The van der Waals surface area contributed by atoms with Crippen molar-refractivity contribution in [3.8, 4) is 28.4 Å². The number of anilines is 1. The Balaban J connectivity index is 1.56. The lowest BCUT2D eigenvalue weighted by atomic mass is 10.1. The SMILES string of the molecule is COc1ccc(-c2nn(-c3ccccc3)cc2CN2CC(C(N)=O)Oc3ccccc32)cc1. The summed E-state index contributed by atoms with van der Waals surface area (Å²) >= 11 is 0. The molecule has 1 unspecified atom stereocenters. The summed E-state index contributed by atoms with van der Waals surface area (Å²) < 4.78 is 13.0. The van der Waals surface area contributed by atoms with E-state index in [4.69, 9.17) is 20.3 Å². The molecular formula is C26H24N4O3. The van der Waals surface area contributed by atoms with Gasteiger partial charge in [-0.05, 0) is 48.5 Å². The van der Waals surface area contributed by atoms with Crippen LogP contribution in [0, 0.1) is 0 Å². The van der Waals surface area contributed by atoms with Gasteiger partial charge in [-0.3, -0.25) is 4.79 Å². The minimum Gasteiger partial charge on any atom is -0.497 e. The van der Waals surface area contributed by atoms with Crippen LogP contribution >= 0.6 is 0 Å². The summed E-state index contributed by atoms with van der Waals surface area (Å²) in [5.41, 5.74) is 10.3. The number of ether oxygens (including phenoxy) is 2. The van der Waals surface area contributed by atoms with Gasteiger partial charge in [-0.25, -0.2) is 4.68 Å². The minimum absolute atomic E-state index is 0.366. The zero-order valence-electron chi connectivity index (χ0n) is 18.2. The molecule has 0 bridgehead atoms. The number of fused-ring (bicyclic) bond motifs is 1. The smallest absolute Gasteiger partial charge is 0.260 e. The normalized spacial score (nSPS) is 14.9. The Morgan fingerprint density at radius 1 is 1.06 bits per heavy atom. The summed E-state index contributed by atoms with van der Waals surface area (Å²) in [6.45, 7) is 0.906. The maximum atomic E-state index is 11.9. The van der Waals surface area contributed by atoms with Crippen LogP contribution in [0.5, 0.6) is 11.5 Å². The highest BCUT2D eigenvalue weighted by molar-refractivity contribution is 5.81. The monoisotopic (exact) mass is 440 g/mol. The molecule has 2 N–H and O–H groups in total. The number of carbonyl (C=O) groups is 1. The van der Waals surface area contributed by atoms with E-state index in [1.807, 2.05) is 89.7 Å². The van der Waals surface area contributed by atoms with Crippen LogP contribution in [-0.2, 0) is 11.3 Å². The van der Waals surface area contributed by atoms with Crippen molar-refractivity contribution in [2.24, 2.45) is 5.73 Å². The molecule has 33 heavy (non-hydrogen) atoms. The molecule has 1 aliphatic rings. The number of carbonyl (C=O) groups excluding carboxylic acids is 1. The second-order valence-electron chi connectivity index (χ2n) is 7.87. The molecule has 1 aromatic heterocycles. The van der Waals surface area contributed by atoms with Gasteiger partial charge in [0, 0.05) is 23.9 Å². The molecule has 7 heteroatoms. The van der Waals surface area contributed by atoms with Gasteiger partial charge in [-0.2, -0.15) is 5.10 Å². The van der Waals surface area contributed by atoms with Gasteiger partial charge < -0.3 is 20.1 Å². The van der Waals surface area contributed by atoms with Crippen LogP contribution in [0.1, 0.15) is 5.56 Å². The molecule has 5 rings (SSSR count). The number of hydrogen-bond donors (Lipinski definition) is 1. The van der Waals surface area contributed by atoms with Crippen LogP contribution in [0.3, 0.4) is 0 Å². The lowest BCUT2D eigenvalue weighted by molar-refractivity contribution is -0.124. The second-order valence-corrected chi connectivity index (χ2v) is 7.87. The quantitative estimate of drug-likeness (QED) is 0.493.